The maximum Gasteiger partial charge on any atom is 0.321 e. The van der Waals surface area contributed by atoms with Gasteiger partial charge in [-0.1, -0.05) is 18.2 Å². The predicted octanol–water partition coefficient (Wildman–Crippen LogP) is 1.66. The Morgan fingerprint density at radius 1 is 1.37 bits per heavy atom. The number of rotatable bonds is 3. The van der Waals surface area contributed by atoms with Crippen LogP contribution in [0, 0.1) is 0 Å². The fraction of sp³-hybridized carbons (Fsp3) is 0.286. The third-order valence-corrected chi connectivity index (χ3v) is 3.34. The Morgan fingerprint density at radius 3 is 3.11 bits per heavy atom. The van der Waals surface area contributed by atoms with Crippen LogP contribution in [0.5, 0.6) is 0 Å². The molecule has 0 radical (unpaired) electrons. The Hall–Kier alpha value is -2.30. The molecule has 0 aliphatic carbocycles. The van der Waals surface area contributed by atoms with E-state index in [1.54, 1.807) is 12.5 Å². The lowest BCUT2D eigenvalue weighted by molar-refractivity contribution is 0.246. The number of nitrogens with zero attached hydrogens (tertiary/aromatic N) is 3. The zero-order chi connectivity index (χ0) is 13.1. The standard InChI is InChI=1S/C14H16N4O/c19-14(16-7-10-17-9-6-15-11-17)18-8-5-12-3-1-2-4-13(12)18/h1-4,6,9,11H,5,7-8,10H2,(H,16,19). The summed E-state index contributed by atoms with van der Waals surface area (Å²) in [5, 5.41) is 2.94. The minimum absolute atomic E-state index is 0.0231. The van der Waals surface area contributed by atoms with Gasteiger partial charge in [0.15, 0.2) is 0 Å². The van der Waals surface area contributed by atoms with Gasteiger partial charge >= 0.3 is 6.03 Å². The lowest BCUT2D eigenvalue weighted by atomic mass is 10.2. The average Bonchev–Trinajstić information content (AvgIpc) is 3.07. The lowest BCUT2D eigenvalue weighted by Gasteiger charge is -2.18. The second-order valence-electron chi connectivity index (χ2n) is 4.56. The molecule has 5 nitrogen and oxygen atoms in total. The van der Waals surface area contributed by atoms with Gasteiger partial charge in [0.2, 0.25) is 0 Å². The molecule has 98 valence electrons. The molecule has 2 amide bonds. The van der Waals surface area contributed by atoms with E-state index in [0.29, 0.717) is 6.54 Å². The van der Waals surface area contributed by atoms with Gasteiger partial charge in [-0.2, -0.15) is 0 Å². The number of carbonyl (C=O) groups is 1. The normalized spacial score (nSPS) is 13.4. The van der Waals surface area contributed by atoms with Crippen molar-refractivity contribution >= 4 is 11.7 Å². The molecule has 0 unspecified atom stereocenters. The highest BCUT2D eigenvalue weighted by molar-refractivity contribution is 5.94. The number of hydrogen-bond donors (Lipinski definition) is 1. The van der Waals surface area contributed by atoms with Gasteiger partial charge in [0.25, 0.3) is 0 Å². The van der Waals surface area contributed by atoms with Crippen molar-refractivity contribution < 1.29 is 4.79 Å². The van der Waals surface area contributed by atoms with Crippen LogP contribution in [0.25, 0.3) is 0 Å². The molecule has 0 saturated heterocycles. The summed E-state index contributed by atoms with van der Waals surface area (Å²) in [7, 11) is 0. The number of carbonyl (C=O) groups excluding carboxylic acids is 1. The highest BCUT2D eigenvalue weighted by atomic mass is 16.2. The summed E-state index contributed by atoms with van der Waals surface area (Å²) in [4.78, 5) is 17.9. The number of imidazole rings is 1. The monoisotopic (exact) mass is 256 g/mol. The second-order valence-corrected chi connectivity index (χ2v) is 4.56. The molecular formula is C14H16N4O. The van der Waals surface area contributed by atoms with E-state index in [4.69, 9.17) is 0 Å². The van der Waals surface area contributed by atoms with E-state index < -0.39 is 0 Å². The quantitative estimate of drug-likeness (QED) is 0.908. The maximum absolute atomic E-state index is 12.1. The van der Waals surface area contributed by atoms with Crippen molar-refractivity contribution in [1.29, 1.82) is 0 Å². The number of anilines is 1. The summed E-state index contributed by atoms with van der Waals surface area (Å²) >= 11 is 0. The van der Waals surface area contributed by atoms with Crippen molar-refractivity contribution in [1.82, 2.24) is 14.9 Å². The number of urea groups is 1. The third kappa shape index (κ3) is 2.45. The van der Waals surface area contributed by atoms with E-state index in [1.807, 2.05) is 33.9 Å². The molecule has 1 aliphatic rings. The number of hydrogen-bond acceptors (Lipinski definition) is 2. The van der Waals surface area contributed by atoms with Gasteiger partial charge < -0.3 is 9.88 Å². The Bertz CT molecular complexity index is 565. The van der Waals surface area contributed by atoms with Crippen LogP contribution in [-0.4, -0.2) is 28.7 Å². The molecule has 2 aromatic rings. The van der Waals surface area contributed by atoms with Crippen molar-refractivity contribution in [3.05, 3.63) is 48.5 Å². The first-order valence-corrected chi connectivity index (χ1v) is 6.43. The molecule has 0 fully saturated rings. The number of nitrogens with one attached hydrogen (secondary N) is 1. The van der Waals surface area contributed by atoms with Crippen LogP contribution in [-0.2, 0) is 13.0 Å². The molecule has 3 rings (SSSR count). The molecule has 0 spiro atoms. The molecule has 1 N–H and O–H groups in total. The fourth-order valence-electron chi connectivity index (χ4n) is 2.36. The van der Waals surface area contributed by atoms with Crippen LogP contribution in [0.1, 0.15) is 5.56 Å². The van der Waals surface area contributed by atoms with Crippen molar-refractivity contribution in [2.24, 2.45) is 0 Å². The Kier molecular flexibility index (Phi) is 3.18. The van der Waals surface area contributed by atoms with Crippen molar-refractivity contribution in [3.8, 4) is 0 Å². The number of para-hydroxylation sites is 1. The Balaban J connectivity index is 1.57. The number of amides is 2. The Labute approximate surface area is 111 Å². The van der Waals surface area contributed by atoms with Crippen LogP contribution in [0.15, 0.2) is 43.0 Å². The second kappa shape index (κ2) is 5.14. The molecular weight excluding hydrogens is 240 g/mol. The number of fused-ring (bicyclic) bond motifs is 1. The summed E-state index contributed by atoms with van der Waals surface area (Å²) in [6.45, 7) is 2.10. The first-order chi connectivity index (χ1) is 9.34. The number of aromatic nitrogens is 2. The topological polar surface area (TPSA) is 50.2 Å². The van der Waals surface area contributed by atoms with Crippen LogP contribution in [0.3, 0.4) is 0 Å². The van der Waals surface area contributed by atoms with Gasteiger partial charge in [-0.05, 0) is 18.1 Å². The molecule has 0 atom stereocenters. The van der Waals surface area contributed by atoms with Crippen LogP contribution >= 0.6 is 0 Å². The van der Waals surface area contributed by atoms with E-state index in [1.165, 1.54) is 5.56 Å². The van der Waals surface area contributed by atoms with E-state index in [-0.39, 0.29) is 6.03 Å². The molecule has 1 aromatic carbocycles. The lowest BCUT2D eigenvalue weighted by Crippen LogP contribution is -2.40. The smallest absolute Gasteiger partial charge is 0.321 e. The Morgan fingerprint density at radius 2 is 2.26 bits per heavy atom. The average molecular weight is 256 g/mol. The summed E-state index contributed by atoms with van der Waals surface area (Å²) in [6.07, 6.45) is 6.30. The van der Waals surface area contributed by atoms with Gasteiger partial charge in [-0.15, -0.1) is 0 Å². The summed E-state index contributed by atoms with van der Waals surface area (Å²) in [6, 6.07) is 8.03. The highest BCUT2D eigenvalue weighted by Gasteiger charge is 2.23. The minimum Gasteiger partial charge on any atom is -0.336 e. The van der Waals surface area contributed by atoms with Gasteiger partial charge in [0.05, 0.1) is 6.33 Å². The van der Waals surface area contributed by atoms with Gasteiger partial charge in [-0.25, -0.2) is 9.78 Å². The predicted molar refractivity (Wildman–Crippen MR) is 73.1 cm³/mol. The first kappa shape index (κ1) is 11.8. The summed E-state index contributed by atoms with van der Waals surface area (Å²) < 4.78 is 1.94. The van der Waals surface area contributed by atoms with Crippen molar-refractivity contribution in [3.63, 3.8) is 0 Å². The maximum atomic E-state index is 12.1. The minimum atomic E-state index is -0.0231. The summed E-state index contributed by atoms with van der Waals surface area (Å²) in [5.74, 6) is 0. The van der Waals surface area contributed by atoms with Crippen LogP contribution in [0.2, 0.25) is 0 Å². The third-order valence-electron chi connectivity index (χ3n) is 3.34. The van der Waals surface area contributed by atoms with Crippen molar-refractivity contribution in [2.75, 3.05) is 18.0 Å². The van der Waals surface area contributed by atoms with E-state index >= 15 is 0 Å². The zero-order valence-electron chi connectivity index (χ0n) is 10.6. The molecule has 0 saturated carbocycles. The molecule has 5 heteroatoms. The molecule has 1 aliphatic heterocycles. The van der Waals surface area contributed by atoms with Gasteiger partial charge in [-0.3, -0.25) is 4.90 Å². The van der Waals surface area contributed by atoms with E-state index in [9.17, 15) is 4.79 Å². The molecule has 2 heterocycles. The molecule has 1 aromatic heterocycles. The van der Waals surface area contributed by atoms with E-state index in [2.05, 4.69) is 16.4 Å². The zero-order valence-corrected chi connectivity index (χ0v) is 10.6. The van der Waals surface area contributed by atoms with Gasteiger partial charge in [0, 0.05) is 37.7 Å². The van der Waals surface area contributed by atoms with Crippen molar-refractivity contribution in [2.45, 2.75) is 13.0 Å². The van der Waals surface area contributed by atoms with Gasteiger partial charge in [0.1, 0.15) is 0 Å². The molecule has 0 bridgehead atoms. The number of benzene rings is 1. The summed E-state index contributed by atoms with van der Waals surface area (Å²) in [5.41, 5.74) is 2.27. The van der Waals surface area contributed by atoms with Crippen LogP contribution < -0.4 is 10.2 Å². The molecule has 19 heavy (non-hydrogen) atoms. The highest BCUT2D eigenvalue weighted by Crippen LogP contribution is 2.27. The van der Waals surface area contributed by atoms with E-state index in [0.717, 1.165) is 25.2 Å². The largest absolute Gasteiger partial charge is 0.336 e. The van der Waals surface area contributed by atoms with Crippen LogP contribution in [0.4, 0.5) is 10.5 Å². The first-order valence-electron chi connectivity index (χ1n) is 6.43. The SMILES string of the molecule is O=C(NCCn1ccnc1)N1CCc2ccccc21. The fourth-order valence-corrected chi connectivity index (χ4v) is 2.36.